The Balaban J connectivity index is 1.27. The second-order valence-electron chi connectivity index (χ2n) is 7.43. The van der Waals surface area contributed by atoms with Crippen molar-refractivity contribution in [3.63, 3.8) is 0 Å². The minimum absolute atomic E-state index is 0.00717. The number of methoxy groups -OCH3 is 1. The number of rotatable bonds is 5. The Bertz CT molecular complexity index is 644. The molecule has 0 radical (unpaired) electrons. The summed E-state index contributed by atoms with van der Waals surface area (Å²) in [4.78, 5) is 18.7. The largest absolute Gasteiger partial charge is 0.480 e. The number of thioether (sulfide) groups is 1. The van der Waals surface area contributed by atoms with E-state index < -0.39 is 0 Å². The maximum Gasteiger partial charge on any atom is 0.259 e. The van der Waals surface area contributed by atoms with Crippen molar-refractivity contribution in [2.45, 2.75) is 30.1 Å². The van der Waals surface area contributed by atoms with Crippen LogP contribution in [-0.4, -0.2) is 72.4 Å². The smallest absolute Gasteiger partial charge is 0.259 e. The van der Waals surface area contributed by atoms with Gasteiger partial charge in [-0.2, -0.15) is 0 Å². The maximum absolute atomic E-state index is 12.7. The van der Waals surface area contributed by atoms with Gasteiger partial charge in [0.25, 0.3) is 5.91 Å². The van der Waals surface area contributed by atoms with Crippen molar-refractivity contribution >= 4 is 17.7 Å². The van der Waals surface area contributed by atoms with Crippen LogP contribution in [0.1, 0.15) is 29.6 Å². The lowest BCUT2D eigenvalue weighted by Gasteiger charge is -2.47. The lowest BCUT2D eigenvalue weighted by atomic mass is 9.92. The van der Waals surface area contributed by atoms with E-state index in [-0.39, 0.29) is 10.7 Å². The zero-order chi connectivity index (χ0) is 18.0. The van der Waals surface area contributed by atoms with Gasteiger partial charge in [0.15, 0.2) is 0 Å². The number of amides is 1. The van der Waals surface area contributed by atoms with Crippen LogP contribution in [0.2, 0.25) is 0 Å². The van der Waals surface area contributed by atoms with Gasteiger partial charge in [0, 0.05) is 44.9 Å². The summed E-state index contributed by atoms with van der Waals surface area (Å²) < 4.78 is 17.0. The van der Waals surface area contributed by atoms with Gasteiger partial charge in [-0.05, 0) is 37.3 Å². The number of carbonyl (C=O) groups is 1. The zero-order valence-corrected chi connectivity index (χ0v) is 16.0. The quantitative estimate of drug-likeness (QED) is 0.783. The summed E-state index contributed by atoms with van der Waals surface area (Å²) in [6.45, 7) is 4.15. The molecular formula is C19H26N2O4S. The van der Waals surface area contributed by atoms with E-state index in [1.54, 1.807) is 25.4 Å². The first kappa shape index (κ1) is 18.1. The van der Waals surface area contributed by atoms with Gasteiger partial charge in [-0.15, -0.1) is 11.8 Å². The second kappa shape index (κ2) is 7.74. The molecule has 1 spiro atoms. The van der Waals surface area contributed by atoms with E-state index in [9.17, 15) is 4.79 Å². The highest BCUT2D eigenvalue weighted by Gasteiger charge is 2.51. The summed E-state index contributed by atoms with van der Waals surface area (Å²) >= 11 is 1.96. The molecule has 0 aliphatic carbocycles. The molecule has 3 fully saturated rings. The summed E-state index contributed by atoms with van der Waals surface area (Å²) in [6, 6.07) is 3.55. The van der Waals surface area contributed by atoms with Crippen LogP contribution in [0.5, 0.6) is 5.88 Å². The predicted molar refractivity (Wildman–Crippen MR) is 99.8 cm³/mol. The molecule has 0 saturated carbocycles. The lowest BCUT2D eigenvalue weighted by molar-refractivity contribution is -0.0118. The Morgan fingerprint density at radius 3 is 3.00 bits per heavy atom. The SMILES string of the molecule is COc1ncccc1C(=O)N1CC2(C[C@@H](OCC3CCOCC3)CS2)C1. The molecule has 7 heteroatoms. The first-order valence-electron chi connectivity index (χ1n) is 9.31. The van der Waals surface area contributed by atoms with Crippen LogP contribution in [0, 0.1) is 5.92 Å². The van der Waals surface area contributed by atoms with Crippen LogP contribution in [0.4, 0.5) is 0 Å². The minimum atomic E-state index is 0.00717. The fourth-order valence-corrected chi connectivity index (χ4v) is 5.55. The molecule has 4 heterocycles. The fourth-order valence-electron chi connectivity index (χ4n) is 3.99. The van der Waals surface area contributed by atoms with Gasteiger partial charge in [0.1, 0.15) is 5.56 Å². The van der Waals surface area contributed by atoms with Gasteiger partial charge >= 0.3 is 0 Å². The molecule has 142 valence electrons. The molecule has 3 aliphatic rings. The Hall–Kier alpha value is -1.31. The summed E-state index contributed by atoms with van der Waals surface area (Å²) in [6.07, 6.45) is 5.21. The van der Waals surface area contributed by atoms with Crippen molar-refractivity contribution in [1.82, 2.24) is 9.88 Å². The molecule has 1 aromatic rings. The molecule has 26 heavy (non-hydrogen) atoms. The molecule has 3 aliphatic heterocycles. The van der Waals surface area contributed by atoms with Crippen molar-refractivity contribution < 1.29 is 19.0 Å². The van der Waals surface area contributed by atoms with Gasteiger partial charge in [-0.3, -0.25) is 4.79 Å². The molecule has 6 nitrogen and oxygen atoms in total. The number of aromatic nitrogens is 1. The first-order valence-corrected chi connectivity index (χ1v) is 10.3. The highest BCUT2D eigenvalue weighted by atomic mass is 32.2. The van der Waals surface area contributed by atoms with Crippen LogP contribution in [-0.2, 0) is 9.47 Å². The Morgan fingerprint density at radius 2 is 2.23 bits per heavy atom. The second-order valence-corrected chi connectivity index (χ2v) is 8.92. The van der Waals surface area contributed by atoms with E-state index in [0.717, 1.165) is 57.9 Å². The van der Waals surface area contributed by atoms with Gasteiger partial charge < -0.3 is 19.1 Å². The average Bonchev–Trinajstić information content (AvgIpc) is 3.10. The molecule has 0 bridgehead atoms. The highest BCUT2D eigenvalue weighted by molar-refractivity contribution is 8.01. The molecule has 0 aromatic carbocycles. The first-order chi connectivity index (χ1) is 12.7. The third-order valence-electron chi connectivity index (χ3n) is 5.52. The number of hydrogen-bond donors (Lipinski definition) is 0. The minimum Gasteiger partial charge on any atom is -0.480 e. The van der Waals surface area contributed by atoms with E-state index in [1.807, 2.05) is 16.7 Å². The van der Waals surface area contributed by atoms with Crippen LogP contribution in [0.15, 0.2) is 18.3 Å². The maximum atomic E-state index is 12.7. The molecule has 1 amide bonds. The van der Waals surface area contributed by atoms with Crippen molar-refractivity contribution in [2.75, 3.05) is 45.8 Å². The van der Waals surface area contributed by atoms with E-state index in [1.165, 1.54) is 0 Å². The number of nitrogens with zero attached hydrogens (tertiary/aromatic N) is 2. The van der Waals surface area contributed by atoms with Gasteiger partial charge in [0.2, 0.25) is 5.88 Å². The van der Waals surface area contributed by atoms with Crippen LogP contribution < -0.4 is 4.74 Å². The number of hydrogen-bond acceptors (Lipinski definition) is 6. The standard InChI is InChI=1S/C19H26N2O4S/c1-23-17-16(3-2-6-20-17)18(22)21-12-19(13-21)9-15(11-26-19)25-10-14-4-7-24-8-5-14/h2-3,6,14-15H,4-5,7-13H2,1H3/t15-/m1/s1. The van der Waals surface area contributed by atoms with Crippen molar-refractivity contribution in [1.29, 1.82) is 0 Å². The van der Waals surface area contributed by atoms with E-state index in [2.05, 4.69) is 4.98 Å². The lowest BCUT2D eigenvalue weighted by Crippen LogP contribution is -2.60. The van der Waals surface area contributed by atoms with E-state index >= 15 is 0 Å². The number of pyridine rings is 1. The monoisotopic (exact) mass is 378 g/mol. The third kappa shape index (κ3) is 3.70. The number of carbonyl (C=O) groups excluding carboxylic acids is 1. The summed E-state index contributed by atoms with van der Waals surface area (Å²) in [7, 11) is 1.55. The Kier molecular flexibility index (Phi) is 5.38. The number of ether oxygens (including phenoxy) is 3. The van der Waals surface area contributed by atoms with Crippen molar-refractivity contribution in [3.8, 4) is 5.88 Å². The Morgan fingerprint density at radius 1 is 1.42 bits per heavy atom. The molecule has 4 rings (SSSR count). The zero-order valence-electron chi connectivity index (χ0n) is 15.2. The summed E-state index contributed by atoms with van der Waals surface area (Å²) in [5.41, 5.74) is 0.542. The molecule has 0 unspecified atom stereocenters. The van der Waals surface area contributed by atoms with Gasteiger partial charge in [0.05, 0.1) is 18.0 Å². The predicted octanol–water partition coefficient (Wildman–Crippen LogP) is 2.23. The van der Waals surface area contributed by atoms with Crippen LogP contribution >= 0.6 is 11.8 Å². The van der Waals surface area contributed by atoms with Crippen molar-refractivity contribution in [2.24, 2.45) is 5.92 Å². The van der Waals surface area contributed by atoms with E-state index in [0.29, 0.717) is 23.5 Å². The van der Waals surface area contributed by atoms with Crippen LogP contribution in [0.25, 0.3) is 0 Å². The van der Waals surface area contributed by atoms with Crippen LogP contribution in [0.3, 0.4) is 0 Å². The molecule has 1 atom stereocenters. The molecule has 0 N–H and O–H groups in total. The Labute approximate surface area is 158 Å². The van der Waals surface area contributed by atoms with Gasteiger partial charge in [-0.1, -0.05) is 0 Å². The average molecular weight is 378 g/mol. The third-order valence-corrected chi connectivity index (χ3v) is 7.10. The van der Waals surface area contributed by atoms with E-state index in [4.69, 9.17) is 14.2 Å². The summed E-state index contributed by atoms with van der Waals surface area (Å²) in [5.74, 6) is 2.08. The molecule has 1 aromatic heterocycles. The van der Waals surface area contributed by atoms with Gasteiger partial charge in [-0.25, -0.2) is 4.98 Å². The molecular weight excluding hydrogens is 352 g/mol. The molecule has 3 saturated heterocycles. The fraction of sp³-hybridized carbons (Fsp3) is 0.684. The normalized spacial score (nSPS) is 25.3. The highest BCUT2D eigenvalue weighted by Crippen LogP contribution is 2.46. The number of likely N-dealkylation sites (tertiary alicyclic amines) is 1. The topological polar surface area (TPSA) is 60.9 Å². The summed E-state index contributed by atoms with van der Waals surface area (Å²) in [5, 5.41) is 0. The van der Waals surface area contributed by atoms with Crippen molar-refractivity contribution in [3.05, 3.63) is 23.9 Å².